The first-order chi connectivity index (χ1) is 19.3. The predicted molar refractivity (Wildman–Crippen MR) is 161 cm³/mol. The maximum absolute atomic E-state index is 13.5. The van der Waals surface area contributed by atoms with Crippen molar-refractivity contribution in [2.75, 3.05) is 36.2 Å². The number of hydrogen-bond acceptors (Lipinski definition) is 5. The van der Waals surface area contributed by atoms with Gasteiger partial charge >= 0.3 is 6.18 Å². The van der Waals surface area contributed by atoms with Crippen LogP contribution in [0.15, 0.2) is 54.6 Å². The van der Waals surface area contributed by atoms with Crippen molar-refractivity contribution in [3.63, 3.8) is 0 Å². The van der Waals surface area contributed by atoms with Gasteiger partial charge in [-0.3, -0.25) is 9.59 Å². The molecule has 1 heterocycles. The van der Waals surface area contributed by atoms with Crippen LogP contribution in [0.25, 0.3) is 11.0 Å². The Balaban J connectivity index is 0.00000484. The average molecular weight is 624 g/mol. The Hall–Kier alpha value is -3.80. The third-order valence-corrected chi connectivity index (χ3v) is 6.76. The van der Waals surface area contributed by atoms with Gasteiger partial charge in [0.05, 0.1) is 28.8 Å². The summed E-state index contributed by atoms with van der Waals surface area (Å²) in [5.41, 5.74) is 0.131. The monoisotopic (exact) mass is 623 g/mol. The van der Waals surface area contributed by atoms with Gasteiger partial charge in [0.15, 0.2) is 0 Å². The summed E-state index contributed by atoms with van der Waals surface area (Å²) in [5.74, 6) is -1.17. The molecule has 2 amide bonds. The number of rotatable bonds is 9. The number of benzene rings is 3. The molecule has 13 heteroatoms. The third kappa shape index (κ3) is 7.53. The third-order valence-electron chi connectivity index (χ3n) is 6.35. The number of carbonyl (C=O) groups is 2. The van der Waals surface area contributed by atoms with Gasteiger partial charge in [0.2, 0.25) is 5.95 Å². The van der Waals surface area contributed by atoms with Crippen molar-refractivity contribution < 1.29 is 27.5 Å². The minimum absolute atomic E-state index is 0. The highest BCUT2D eigenvalue weighted by molar-refractivity contribution is 6.31. The first kappa shape index (κ1) is 32.7. The number of aromatic amines is 1. The first-order valence-corrected chi connectivity index (χ1v) is 13.0. The molecule has 224 valence electrons. The van der Waals surface area contributed by atoms with E-state index < -0.39 is 29.1 Å². The molecular weight excluding hydrogens is 594 g/mol. The van der Waals surface area contributed by atoms with Crippen LogP contribution in [0.3, 0.4) is 0 Å². The second kappa shape index (κ2) is 13.0. The summed E-state index contributed by atoms with van der Waals surface area (Å²) in [4.78, 5) is 34.1. The molecule has 0 fully saturated rings. The number of anilines is 3. The molecule has 0 bridgehead atoms. The fraction of sp³-hybridized carbons (Fsp3) is 0.276. The van der Waals surface area contributed by atoms with Crippen LogP contribution < -0.4 is 16.0 Å². The molecule has 8 nitrogen and oxygen atoms in total. The number of ether oxygens (including phenoxy) is 1. The predicted octanol–water partition coefficient (Wildman–Crippen LogP) is 7.55. The van der Waals surface area contributed by atoms with Crippen molar-refractivity contribution in [1.82, 2.24) is 9.97 Å². The minimum atomic E-state index is -4.72. The van der Waals surface area contributed by atoms with Crippen molar-refractivity contribution in [1.29, 1.82) is 0 Å². The largest absolute Gasteiger partial charge is 0.417 e. The maximum atomic E-state index is 13.5. The number of nitrogens with one attached hydrogen (secondary N) is 4. The summed E-state index contributed by atoms with van der Waals surface area (Å²) in [6.45, 7) is 6.74. The van der Waals surface area contributed by atoms with Crippen LogP contribution in [-0.4, -0.2) is 42.0 Å². The van der Waals surface area contributed by atoms with E-state index in [0.29, 0.717) is 46.4 Å². The number of H-pyrrole nitrogens is 1. The number of imidazole rings is 1. The summed E-state index contributed by atoms with van der Waals surface area (Å²) in [7, 11) is 1.61. The highest BCUT2D eigenvalue weighted by Crippen LogP contribution is 2.33. The first-order valence-electron chi connectivity index (χ1n) is 12.6. The molecule has 0 unspecified atom stereocenters. The summed E-state index contributed by atoms with van der Waals surface area (Å²) in [6, 6.07) is 12.4. The van der Waals surface area contributed by atoms with Gasteiger partial charge in [-0.1, -0.05) is 43.6 Å². The molecule has 0 saturated heterocycles. The number of alkyl halides is 3. The topological polar surface area (TPSA) is 108 Å². The molecule has 0 aliphatic heterocycles. The van der Waals surface area contributed by atoms with Gasteiger partial charge < -0.3 is 25.7 Å². The Morgan fingerprint density at radius 1 is 1.00 bits per heavy atom. The molecule has 4 N–H and O–H groups in total. The zero-order valence-electron chi connectivity index (χ0n) is 23.2. The number of methoxy groups -OCH3 is 1. The molecule has 3 aromatic carbocycles. The second-order valence-electron chi connectivity index (χ2n) is 10.3. The van der Waals surface area contributed by atoms with Crippen molar-refractivity contribution in [3.8, 4) is 0 Å². The molecule has 0 spiro atoms. The Kier molecular flexibility index (Phi) is 10.1. The smallest absolute Gasteiger partial charge is 0.384 e. The standard InChI is InChI=1S/C29H29ClF3N5O3.ClH/c1-16-21(30)10-7-11-22(16)36-26(40)19-12-17(35-25(39)18-8-5-6-9-20(18)29(31,32)33)13-23-24(19)38-27(37-23)34-14-28(2,3)15-41-4;/h5-13H,14-15H2,1-4H3,(H,35,39)(H,36,40)(H2,34,37,38);1H. The number of fused-ring (bicyclic) bond motifs is 1. The number of hydrogen-bond donors (Lipinski definition) is 4. The second-order valence-corrected chi connectivity index (χ2v) is 10.7. The summed E-state index contributed by atoms with van der Waals surface area (Å²) >= 11 is 6.21. The molecule has 0 aliphatic carbocycles. The van der Waals surface area contributed by atoms with E-state index in [2.05, 4.69) is 25.9 Å². The zero-order chi connectivity index (χ0) is 29.9. The van der Waals surface area contributed by atoms with Crippen LogP contribution in [0.5, 0.6) is 0 Å². The lowest BCUT2D eigenvalue weighted by atomic mass is 9.95. The fourth-order valence-corrected chi connectivity index (χ4v) is 4.45. The van der Waals surface area contributed by atoms with Gasteiger partial charge in [-0.2, -0.15) is 13.2 Å². The van der Waals surface area contributed by atoms with E-state index >= 15 is 0 Å². The molecule has 1 aromatic heterocycles. The van der Waals surface area contributed by atoms with Crippen molar-refractivity contribution in [3.05, 3.63) is 81.9 Å². The van der Waals surface area contributed by atoms with E-state index in [9.17, 15) is 22.8 Å². The Morgan fingerprint density at radius 2 is 1.69 bits per heavy atom. The number of nitrogens with zero attached hydrogens (tertiary/aromatic N) is 1. The van der Waals surface area contributed by atoms with E-state index in [1.54, 1.807) is 32.2 Å². The Labute approximate surface area is 251 Å². The van der Waals surface area contributed by atoms with Crippen LogP contribution in [0, 0.1) is 12.3 Å². The van der Waals surface area contributed by atoms with Gasteiger partial charge in [-0.15, -0.1) is 12.4 Å². The molecular formula is C29H30Cl2F3N5O3. The van der Waals surface area contributed by atoms with Gasteiger partial charge in [0, 0.05) is 35.5 Å². The highest BCUT2D eigenvalue weighted by atomic mass is 35.5. The van der Waals surface area contributed by atoms with Crippen LogP contribution in [-0.2, 0) is 10.9 Å². The van der Waals surface area contributed by atoms with E-state index in [-0.39, 0.29) is 29.1 Å². The summed E-state index contributed by atoms with van der Waals surface area (Å²) in [6.07, 6.45) is -4.72. The molecule has 42 heavy (non-hydrogen) atoms. The zero-order valence-corrected chi connectivity index (χ0v) is 24.8. The Morgan fingerprint density at radius 3 is 2.38 bits per heavy atom. The maximum Gasteiger partial charge on any atom is 0.417 e. The van der Waals surface area contributed by atoms with Gasteiger partial charge in [-0.25, -0.2) is 4.98 Å². The fourth-order valence-electron chi connectivity index (χ4n) is 4.27. The van der Waals surface area contributed by atoms with Gasteiger partial charge in [-0.05, 0) is 48.9 Å². The van der Waals surface area contributed by atoms with Crippen LogP contribution in [0.1, 0.15) is 45.7 Å². The number of aromatic nitrogens is 2. The lowest BCUT2D eigenvalue weighted by molar-refractivity contribution is -0.137. The van der Waals surface area contributed by atoms with Crippen molar-refractivity contribution in [2.24, 2.45) is 5.41 Å². The normalized spacial score (nSPS) is 11.6. The summed E-state index contributed by atoms with van der Waals surface area (Å²) < 4.78 is 45.8. The molecule has 0 saturated carbocycles. The SMILES string of the molecule is COCC(C)(C)CNc1nc2c(C(=O)Nc3cccc(Cl)c3C)cc(NC(=O)c3ccccc3C(F)(F)F)cc2[nH]1.Cl. The van der Waals surface area contributed by atoms with Crippen LogP contribution in [0.4, 0.5) is 30.5 Å². The number of carbonyl (C=O) groups excluding carboxylic acids is 2. The lowest BCUT2D eigenvalue weighted by Crippen LogP contribution is -2.28. The molecule has 0 aliphatic rings. The van der Waals surface area contributed by atoms with E-state index in [1.165, 1.54) is 24.3 Å². The van der Waals surface area contributed by atoms with Crippen LogP contribution in [0.2, 0.25) is 5.02 Å². The van der Waals surface area contributed by atoms with Crippen molar-refractivity contribution >= 4 is 64.2 Å². The lowest BCUT2D eigenvalue weighted by Gasteiger charge is -2.23. The van der Waals surface area contributed by atoms with Crippen LogP contribution >= 0.6 is 24.0 Å². The number of amides is 2. The highest BCUT2D eigenvalue weighted by Gasteiger charge is 2.35. The Bertz CT molecular complexity index is 1610. The van der Waals surface area contributed by atoms with Crippen molar-refractivity contribution in [2.45, 2.75) is 26.9 Å². The summed E-state index contributed by atoms with van der Waals surface area (Å²) in [5, 5.41) is 8.96. The van der Waals surface area contributed by atoms with E-state index in [0.717, 1.165) is 12.1 Å². The molecule has 4 rings (SSSR count). The number of halogens is 5. The van der Waals surface area contributed by atoms with Gasteiger partial charge in [0.25, 0.3) is 11.8 Å². The average Bonchev–Trinajstić information content (AvgIpc) is 3.32. The quantitative estimate of drug-likeness (QED) is 0.154. The minimum Gasteiger partial charge on any atom is -0.384 e. The molecule has 0 radical (unpaired) electrons. The molecule has 0 atom stereocenters. The van der Waals surface area contributed by atoms with E-state index in [1.807, 2.05) is 13.8 Å². The van der Waals surface area contributed by atoms with E-state index in [4.69, 9.17) is 16.3 Å². The van der Waals surface area contributed by atoms with Gasteiger partial charge in [0.1, 0.15) is 5.52 Å². The molecule has 4 aromatic rings.